The first-order valence-corrected chi connectivity index (χ1v) is 4.82. The monoisotopic (exact) mass is 198 g/mol. The molecular formula is C13H14N2. The molecule has 2 nitrogen and oxygen atoms in total. The minimum absolute atomic E-state index is 0. The molecule has 0 radical (unpaired) electrons. The number of hydrogen-bond donors (Lipinski definition) is 2. The van der Waals surface area contributed by atoms with Gasteiger partial charge in [0.1, 0.15) is 0 Å². The maximum atomic E-state index is 3.45. The molecule has 15 heavy (non-hydrogen) atoms. The Bertz CT molecular complexity index is 608. The molecule has 0 aliphatic carbocycles. The van der Waals surface area contributed by atoms with E-state index < -0.39 is 0 Å². The number of fused-ring (bicyclic) bond motifs is 3. The van der Waals surface area contributed by atoms with Gasteiger partial charge in [0.2, 0.25) is 0 Å². The molecule has 0 spiro atoms. The molecule has 0 amide bonds. The first kappa shape index (κ1) is 9.74. The Balaban J connectivity index is 0.000000853. The number of H-pyrrole nitrogens is 1. The SMILES string of the molecule is Cc1cccc2c1[nH]c1ccccc12.N. The van der Waals surface area contributed by atoms with E-state index in [2.05, 4.69) is 54.4 Å². The number of rotatable bonds is 0. The van der Waals surface area contributed by atoms with E-state index in [0.717, 1.165) is 0 Å². The maximum absolute atomic E-state index is 3.45. The van der Waals surface area contributed by atoms with Crippen LogP contribution in [0.5, 0.6) is 0 Å². The van der Waals surface area contributed by atoms with Crippen molar-refractivity contribution in [2.75, 3.05) is 0 Å². The van der Waals surface area contributed by atoms with Gasteiger partial charge >= 0.3 is 0 Å². The Morgan fingerprint density at radius 1 is 0.867 bits per heavy atom. The van der Waals surface area contributed by atoms with E-state index in [1.807, 2.05) is 0 Å². The molecule has 1 heterocycles. The highest BCUT2D eigenvalue weighted by atomic mass is 14.7. The summed E-state index contributed by atoms with van der Waals surface area (Å²) in [6.45, 7) is 2.14. The Labute approximate surface area is 88.5 Å². The van der Waals surface area contributed by atoms with Gasteiger partial charge in [-0.2, -0.15) is 0 Å². The molecule has 0 atom stereocenters. The van der Waals surface area contributed by atoms with E-state index in [1.165, 1.54) is 27.4 Å². The predicted molar refractivity (Wildman–Crippen MR) is 65.6 cm³/mol. The number of hydrogen-bond acceptors (Lipinski definition) is 1. The zero-order valence-corrected chi connectivity index (χ0v) is 8.75. The van der Waals surface area contributed by atoms with Gasteiger partial charge in [0, 0.05) is 21.8 Å². The molecule has 2 heteroatoms. The van der Waals surface area contributed by atoms with Crippen LogP contribution in [-0.2, 0) is 0 Å². The molecule has 3 rings (SSSR count). The smallest absolute Gasteiger partial charge is 0.0494 e. The molecule has 3 aromatic rings. The zero-order valence-electron chi connectivity index (χ0n) is 8.75. The second-order valence-corrected chi connectivity index (χ2v) is 3.67. The molecule has 0 unspecified atom stereocenters. The highest BCUT2D eigenvalue weighted by molar-refractivity contribution is 6.08. The number of aromatic amines is 1. The van der Waals surface area contributed by atoms with Gasteiger partial charge in [-0.25, -0.2) is 0 Å². The van der Waals surface area contributed by atoms with Crippen LogP contribution in [-0.4, -0.2) is 4.98 Å². The summed E-state index contributed by atoms with van der Waals surface area (Å²) < 4.78 is 0. The van der Waals surface area contributed by atoms with Gasteiger partial charge in [-0.15, -0.1) is 0 Å². The number of benzene rings is 2. The van der Waals surface area contributed by atoms with Crippen LogP contribution in [0.25, 0.3) is 21.8 Å². The number of aryl methyl sites for hydroxylation is 1. The summed E-state index contributed by atoms with van der Waals surface area (Å²) in [7, 11) is 0. The fourth-order valence-electron chi connectivity index (χ4n) is 2.02. The highest BCUT2D eigenvalue weighted by Gasteiger charge is 2.03. The Kier molecular flexibility index (Phi) is 2.21. The third-order valence-corrected chi connectivity index (χ3v) is 2.75. The molecule has 2 aromatic carbocycles. The third-order valence-electron chi connectivity index (χ3n) is 2.75. The van der Waals surface area contributed by atoms with Crippen molar-refractivity contribution >= 4 is 21.8 Å². The van der Waals surface area contributed by atoms with Crippen LogP contribution in [0.2, 0.25) is 0 Å². The van der Waals surface area contributed by atoms with Crippen molar-refractivity contribution in [1.29, 1.82) is 0 Å². The van der Waals surface area contributed by atoms with Crippen molar-refractivity contribution in [3.8, 4) is 0 Å². The predicted octanol–water partition coefficient (Wildman–Crippen LogP) is 3.79. The minimum Gasteiger partial charge on any atom is -0.354 e. The van der Waals surface area contributed by atoms with Gasteiger partial charge in [-0.1, -0.05) is 36.4 Å². The first-order valence-electron chi connectivity index (χ1n) is 4.82. The molecule has 0 fully saturated rings. The Morgan fingerprint density at radius 3 is 2.47 bits per heavy atom. The average molecular weight is 198 g/mol. The number of aromatic nitrogens is 1. The van der Waals surface area contributed by atoms with Crippen LogP contribution in [0.1, 0.15) is 5.56 Å². The second kappa shape index (κ2) is 3.41. The lowest BCUT2D eigenvalue weighted by Gasteiger charge is -1.93. The summed E-state index contributed by atoms with van der Waals surface area (Å²) in [5, 5.41) is 2.63. The Hall–Kier alpha value is -1.80. The number of para-hydroxylation sites is 2. The summed E-state index contributed by atoms with van der Waals surface area (Å²) >= 11 is 0. The zero-order chi connectivity index (χ0) is 9.54. The van der Waals surface area contributed by atoms with Crippen LogP contribution in [0, 0.1) is 6.92 Å². The lowest BCUT2D eigenvalue weighted by molar-refractivity contribution is 1.45. The van der Waals surface area contributed by atoms with Crippen molar-refractivity contribution in [3.63, 3.8) is 0 Å². The van der Waals surface area contributed by atoms with Crippen LogP contribution >= 0.6 is 0 Å². The fraction of sp³-hybridized carbons (Fsp3) is 0.0769. The van der Waals surface area contributed by atoms with Crippen molar-refractivity contribution < 1.29 is 0 Å². The normalized spacial score (nSPS) is 10.5. The molecule has 76 valence electrons. The van der Waals surface area contributed by atoms with Crippen LogP contribution < -0.4 is 6.15 Å². The van der Waals surface area contributed by atoms with Gasteiger partial charge in [-0.05, 0) is 18.6 Å². The van der Waals surface area contributed by atoms with Crippen LogP contribution in [0.4, 0.5) is 0 Å². The maximum Gasteiger partial charge on any atom is 0.0494 e. The average Bonchev–Trinajstić information content (AvgIpc) is 2.59. The lowest BCUT2D eigenvalue weighted by Crippen LogP contribution is -1.73. The molecule has 0 bridgehead atoms. The van der Waals surface area contributed by atoms with Gasteiger partial charge in [0.05, 0.1) is 0 Å². The van der Waals surface area contributed by atoms with Crippen molar-refractivity contribution in [3.05, 3.63) is 48.0 Å². The van der Waals surface area contributed by atoms with E-state index in [4.69, 9.17) is 0 Å². The topological polar surface area (TPSA) is 50.8 Å². The standard InChI is InChI=1S/C13H11N.H3N/c1-9-5-4-7-11-10-6-2-3-8-12(10)14-13(9)11;/h2-8,14H,1H3;1H3. The number of nitrogens with one attached hydrogen (secondary N) is 1. The summed E-state index contributed by atoms with van der Waals surface area (Å²) in [5.74, 6) is 0. The first-order chi connectivity index (χ1) is 6.86. The second-order valence-electron chi connectivity index (χ2n) is 3.67. The fourth-order valence-corrected chi connectivity index (χ4v) is 2.02. The molecule has 0 saturated carbocycles. The van der Waals surface area contributed by atoms with E-state index in [9.17, 15) is 0 Å². The lowest BCUT2D eigenvalue weighted by atomic mass is 10.1. The van der Waals surface area contributed by atoms with Gasteiger partial charge in [0.15, 0.2) is 0 Å². The quantitative estimate of drug-likeness (QED) is 0.567. The van der Waals surface area contributed by atoms with Crippen molar-refractivity contribution in [2.24, 2.45) is 0 Å². The minimum atomic E-state index is 0. The van der Waals surface area contributed by atoms with Crippen LogP contribution in [0.3, 0.4) is 0 Å². The molecule has 0 aliphatic heterocycles. The highest BCUT2D eigenvalue weighted by Crippen LogP contribution is 2.26. The van der Waals surface area contributed by atoms with E-state index in [-0.39, 0.29) is 6.15 Å². The van der Waals surface area contributed by atoms with Crippen LogP contribution in [0.15, 0.2) is 42.5 Å². The van der Waals surface area contributed by atoms with Gasteiger partial charge < -0.3 is 11.1 Å². The summed E-state index contributed by atoms with van der Waals surface area (Å²) in [6, 6.07) is 14.8. The van der Waals surface area contributed by atoms with E-state index in [1.54, 1.807) is 0 Å². The molecule has 0 saturated heterocycles. The van der Waals surface area contributed by atoms with Crippen molar-refractivity contribution in [2.45, 2.75) is 6.92 Å². The molecule has 4 N–H and O–H groups in total. The molecule has 1 aromatic heterocycles. The van der Waals surface area contributed by atoms with E-state index >= 15 is 0 Å². The summed E-state index contributed by atoms with van der Waals surface area (Å²) in [4.78, 5) is 3.45. The van der Waals surface area contributed by atoms with Gasteiger partial charge in [0.25, 0.3) is 0 Å². The Morgan fingerprint density at radius 2 is 1.60 bits per heavy atom. The summed E-state index contributed by atoms with van der Waals surface area (Å²) in [6.07, 6.45) is 0. The van der Waals surface area contributed by atoms with Gasteiger partial charge in [-0.3, -0.25) is 0 Å². The third kappa shape index (κ3) is 1.30. The van der Waals surface area contributed by atoms with E-state index in [0.29, 0.717) is 0 Å². The summed E-state index contributed by atoms with van der Waals surface area (Å²) in [5.41, 5.74) is 3.78. The molecule has 0 aliphatic rings. The largest absolute Gasteiger partial charge is 0.354 e. The van der Waals surface area contributed by atoms with Crippen molar-refractivity contribution in [1.82, 2.24) is 11.1 Å². The molecular weight excluding hydrogens is 184 g/mol.